The molecule has 1 aromatic heterocycles. The molecule has 2 heterocycles. The molecular formula is C27H33N3O5. The third kappa shape index (κ3) is 5.66. The fraction of sp³-hybridized carbons (Fsp3) is 0.407. The van der Waals surface area contributed by atoms with Crippen LogP contribution in [0.5, 0.6) is 5.75 Å². The summed E-state index contributed by atoms with van der Waals surface area (Å²) in [4.78, 5) is 28.5. The molecule has 1 aliphatic rings. The molecule has 8 nitrogen and oxygen atoms in total. The summed E-state index contributed by atoms with van der Waals surface area (Å²) in [5, 5.41) is 3.72. The second kappa shape index (κ2) is 11.4. The topological polar surface area (TPSA) is 82.0 Å². The number of hydrogen-bond acceptors (Lipinski definition) is 6. The van der Waals surface area contributed by atoms with E-state index in [4.69, 9.17) is 14.2 Å². The predicted octanol–water partition coefficient (Wildman–Crippen LogP) is 2.80. The number of methoxy groups -OCH3 is 2. The average Bonchev–Trinajstić information content (AvgIpc) is 3.17. The summed E-state index contributed by atoms with van der Waals surface area (Å²) >= 11 is 0. The van der Waals surface area contributed by atoms with Crippen molar-refractivity contribution in [1.82, 2.24) is 14.8 Å². The number of carbonyl (C=O) groups is 2. The molecule has 1 aliphatic heterocycles. The lowest BCUT2D eigenvalue weighted by Gasteiger charge is -2.27. The SMILES string of the molecule is COC(=O)C(Cc1ccccc1)NC(=O)c1c(C)n(CCN2CCOCC2)c2ccc(OC)cc12. The van der Waals surface area contributed by atoms with Gasteiger partial charge in [0.05, 0.1) is 33.0 Å². The Hall–Kier alpha value is -3.36. The number of benzene rings is 2. The zero-order valence-electron chi connectivity index (χ0n) is 20.6. The van der Waals surface area contributed by atoms with Crippen molar-refractivity contribution in [3.63, 3.8) is 0 Å². The minimum Gasteiger partial charge on any atom is -0.497 e. The van der Waals surface area contributed by atoms with Gasteiger partial charge in [0.2, 0.25) is 0 Å². The van der Waals surface area contributed by atoms with Crippen molar-refractivity contribution < 1.29 is 23.8 Å². The highest BCUT2D eigenvalue weighted by atomic mass is 16.5. The summed E-state index contributed by atoms with van der Waals surface area (Å²) in [6.07, 6.45) is 0.345. The Kier molecular flexibility index (Phi) is 8.05. The molecule has 0 aliphatic carbocycles. The summed E-state index contributed by atoms with van der Waals surface area (Å²) < 4.78 is 18.1. The van der Waals surface area contributed by atoms with Gasteiger partial charge >= 0.3 is 5.97 Å². The Bertz CT molecular complexity index is 1170. The number of esters is 1. The first-order valence-corrected chi connectivity index (χ1v) is 11.9. The van der Waals surface area contributed by atoms with Crippen molar-refractivity contribution in [3.05, 3.63) is 65.4 Å². The number of morpholine rings is 1. The summed E-state index contributed by atoms with van der Waals surface area (Å²) in [7, 11) is 2.94. The highest BCUT2D eigenvalue weighted by Gasteiger charge is 2.27. The lowest BCUT2D eigenvalue weighted by molar-refractivity contribution is -0.142. The molecule has 1 atom stereocenters. The molecule has 3 aromatic rings. The Morgan fingerprint density at radius 1 is 1.06 bits per heavy atom. The van der Waals surface area contributed by atoms with E-state index >= 15 is 0 Å². The van der Waals surface area contributed by atoms with Crippen LogP contribution in [0.3, 0.4) is 0 Å². The second-order valence-electron chi connectivity index (χ2n) is 8.69. The van der Waals surface area contributed by atoms with Crippen molar-refractivity contribution in [2.24, 2.45) is 0 Å². The van der Waals surface area contributed by atoms with Gasteiger partial charge in [0.25, 0.3) is 5.91 Å². The summed E-state index contributed by atoms with van der Waals surface area (Å²) in [6.45, 7) is 6.84. The van der Waals surface area contributed by atoms with E-state index < -0.39 is 12.0 Å². The third-order valence-corrected chi connectivity index (χ3v) is 6.57. The first kappa shape index (κ1) is 24.8. The van der Waals surface area contributed by atoms with Crippen LogP contribution in [0.1, 0.15) is 21.6 Å². The number of carbonyl (C=O) groups excluding carboxylic acids is 2. The lowest BCUT2D eigenvalue weighted by atomic mass is 10.0. The maximum absolute atomic E-state index is 13.6. The molecule has 0 saturated carbocycles. The molecule has 4 rings (SSSR count). The van der Waals surface area contributed by atoms with Crippen molar-refractivity contribution in [2.75, 3.05) is 47.1 Å². The minimum atomic E-state index is -0.799. The normalized spacial score (nSPS) is 15.1. The molecule has 1 saturated heterocycles. The Morgan fingerprint density at radius 2 is 1.80 bits per heavy atom. The smallest absolute Gasteiger partial charge is 0.328 e. The Labute approximate surface area is 205 Å². The van der Waals surface area contributed by atoms with Gasteiger partial charge < -0.3 is 24.1 Å². The largest absolute Gasteiger partial charge is 0.497 e. The number of nitrogens with one attached hydrogen (secondary N) is 1. The first-order chi connectivity index (χ1) is 17.0. The van der Waals surface area contributed by atoms with E-state index in [1.54, 1.807) is 7.11 Å². The Morgan fingerprint density at radius 3 is 2.49 bits per heavy atom. The molecule has 0 radical (unpaired) electrons. The van der Waals surface area contributed by atoms with Crippen LogP contribution in [0.15, 0.2) is 48.5 Å². The maximum Gasteiger partial charge on any atom is 0.328 e. The number of rotatable bonds is 9. The van der Waals surface area contributed by atoms with Crippen molar-refractivity contribution in [2.45, 2.75) is 25.9 Å². The fourth-order valence-electron chi connectivity index (χ4n) is 4.64. The first-order valence-electron chi connectivity index (χ1n) is 11.9. The van der Waals surface area contributed by atoms with E-state index in [9.17, 15) is 9.59 Å². The van der Waals surface area contributed by atoms with E-state index in [0.717, 1.165) is 61.6 Å². The number of ether oxygens (including phenoxy) is 3. The van der Waals surface area contributed by atoms with Crippen LogP contribution in [-0.4, -0.2) is 74.5 Å². The van der Waals surface area contributed by atoms with E-state index in [0.29, 0.717) is 17.7 Å². The fourth-order valence-corrected chi connectivity index (χ4v) is 4.64. The maximum atomic E-state index is 13.6. The quantitative estimate of drug-likeness (QED) is 0.476. The molecular weight excluding hydrogens is 446 g/mol. The van der Waals surface area contributed by atoms with Crippen LogP contribution in [0.25, 0.3) is 10.9 Å². The molecule has 8 heteroatoms. The third-order valence-electron chi connectivity index (χ3n) is 6.57. The zero-order valence-corrected chi connectivity index (χ0v) is 20.6. The number of fused-ring (bicyclic) bond motifs is 1. The van der Waals surface area contributed by atoms with Crippen LogP contribution < -0.4 is 10.1 Å². The number of nitrogens with zero attached hydrogens (tertiary/aromatic N) is 2. The molecule has 1 fully saturated rings. The van der Waals surface area contributed by atoms with Crippen molar-refractivity contribution in [1.29, 1.82) is 0 Å². The van der Waals surface area contributed by atoms with Gasteiger partial charge in [0.15, 0.2) is 0 Å². The van der Waals surface area contributed by atoms with Gasteiger partial charge in [-0.2, -0.15) is 0 Å². The van der Waals surface area contributed by atoms with Crippen molar-refractivity contribution in [3.8, 4) is 5.75 Å². The molecule has 0 bridgehead atoms. The Balaban J connectivity index is 1.64. The highest BCUT2D eigenvalue weighted by Crippen LogP contribution is 2.30. The highest BCUT2D eigenvalue weighted by molar-refractivity contribution is 6.09. The summed E-state index contributed by atoms with van der Waals surface area (Å²) in [5.41, 5.74) is 3.29. The molecule has 186 valence electrons. The van der Waals surface area contributed by atoms with Gasteiger partial charge in [-0.25, -0.2) is 4.79 Å². The van der Waals surface area contributed by atoms with Crippen LogP contribution >= 0.6 is 0 Å². The van der Waals surface area contributed by atoms with Gasteiger partial charge in [-0.05, 0) is 30.7 Å². The molecule has 1 amide bonds. The van der Waals surface area contributed by atoms with E-state index in [-0.39, 0.29) is 5.91 Å². The standard InChI is InChI=1S/C27H33N3O5/c1-19-25(26(31)28-23(27(32)34-3)17-20-7-5-4-6-8-20)22-18-21(33-2)9-10-24(22)30(19)12-11-29-13-15-35-16-14-29/h4-10,18,23H,11-17H2,1-3H3,(H,28,31). The van der Waals surface area contributed by atoms with Crippen LogP contribution in [0.4, 0.5) is 0 Å². The van der Waals surface area contributed by atoms with E-state index in [1.165, 1.54) is 7.11 Å². The molecule has 0 spiro atoms. The summed E-state index contributed by atoms with van der Waals surface area (Å²) in [6, 6.07) is 14.6. The van der Waals surface area contributed by atoms with E-state index in [1.807, 2.05) is 55.5 Å². The summed E-state index contributed by atoms with van der Waals surface area (Å²) in [5.74, 6) is -0.114. The second-order valence-corrected chi connectivity index (χ2v) is 8.69. The molecule has 1 unspecified atom stereocenters. The number of hydrogen-bond donors (Lipinski definition) is 1. The van der Waals surface area contributed by atoms with Gasteiger partial charge in [-0.1, -0.05) is 30.3 Å². The van der Waals surface area contributed by atoms with Gasteiger partial charge in [0.1, 0.15) is 11.8 Å². The number of aromatic nitrogens is 1. The molecule has 2 aromatic carbocycles. The van der Waals surface area contributed by atoms with Crippen LogP contribution in [0, 0.1) is 6.92 Å². The predicted molar refractivity (Wildman–Crippen MR) is 134 cm³/mol. The van der Waals surface area contributed by atoms with Gasteiger partial charge in [-0.3, -0.25) is 9.69 Å². The average molecular weight is 480 g/mol. The molecule has 35 heavy (non-hydrogen) atoms. The lowest BCUT2D eigenvalue weighted by Crippen LogP contribution is -2.43. The number of amides is 1. The monoisotopic (exact) mass is 479 g/mol. The van der Waals surface area contributed by atoms with Crippen LogP contribution in [0.2, 0.25) is 0 Å². The van der Waals surface area contributed by atoms with Gasteiger partial charge in [-0.15, -0.1) is 0 Å². The van der Waals surface area contributed by atoms with Gasteiger partial charge in [0, 0.05) is 49.2 Å². The van der Waals surface area contributed by atoms with E-state index in [2.05, 4.69) is 14.8 Å². The minimum absolute atomic E-state index is 0.308. The molecule has 1 N–H and O–H groups in total. The zero-order chi connectivity index (χ0) is 24.8. The van der Waals surface area contributed by atoms with Crippen LogP contribution in [-0.2, 0) is 27.2 Å². The van der Waals surface area contributed by atoms with Crippen molar-refractivity contribution >= 4 is 22.8 Å².